The Morgan fingerprint density at radius 1 is 1.50 bits per heavy atom. The van der Waals surface area contributed by atoms with Crippen LogP contribution >= 0.6 is 0 Å². The van der Waals surface area contributed by atoms with E-state index in [2.05, 4.69) is 25.7 Å². The Bertz CT molecular complexity index is 235. The SMILES string of the molecule is CCCC1CCN(CCC(C)(C)C(=N)N)C1. The van der Waals surface area contributed by atoms with Crippen molar-refractivity contribution in [3.63, 3.8) is 0 Å². The first-order valence-electron chi connectivity index (χ1n) is 6.52. The largest absolute Gasteiger partial charge is 0.387 e. The summed E-state index contributed by atoms with van der Waals surface area (Å²) in [7, 11) is 0. The van der Waals surface area contributed by atoms with Crippen molar-refractivity contribution in [3.8, 4) is 0 Å². The Kier molecular flexibility index (Phi) is 4.78. The number of hydrogen-bond acceptors (Lipinski definition) is 2. The number of hydrogen-bond donors (Lipinski definition) is 2. The average Bonchev–Trinajstić information content (AvgIpc) is 2.63. The molecule has 16 heavy (non-hydrogen) atoms. The molecule has 1 rings (SSSR count). The first-order chi connectivity index (χ1) is 7.45. The van der Waals surface area contributed by atoms with Crippen molar-refractivity contribution in [1.82, 2.24) is 4.90 Å². The van der Waals surface area contributed by atoms with Crippen molar-refractivity contribution >= 4 is 5.84 Å². The van der Waals surface area contributed by atoms with E-state index in [1.807, 2.05) is 0 Å². The highest BCUT2D eigenvalue weighted by Crippen LogP contribution is 2.24. The average molecular weight is 225 g/mol. The number of likely N-dealkylation sites (tertiary alicyclic amines) is 1. The Hall–Kier alpha value is -0.570. The molecular formula is C13H27N3. The Labute approximate surface area is 99.9 Å². The third-order valence-electron chi connectivity index (χ3n) is 3.85. The molecule has 0 bridgehead atoms. The van der Waals surface area contributed by atoms with Crippen molar-refractivity contribution in [2.24, 2.45) is 17.1 Å². The first-order valence-corrected chi connectivity index (χ1v) is 6.52. The standard InChI is InChI=1S/C13H27N3/c1-4-5-11-6-8-16(10-11)9-7-13(2,3)12(14)15/h11H,4-10H2,1-3H3,(H3,14,15). The van der Waals surface area contributed by atoms with E-state index >= 15 is 0 Å². The molecule has 0 amide bonds. The highest BCUT2D eigenvalue weighted by molar-refractivity contribution is 5.82. The van der Waals surface area contributed by atoms with Gasteiger partial charge in [-0.15, -0.1) is 0 Å². The van der Waals surface area contributed by atoms with Gasteiger partial charge in [0, 0.05) is 12.0 Å². The van der Waals surface area contributed by atoms with Crippen molar-refractivity contribution in [1.29, 1.82) is 5.41 Å². The molecule has 3 nitrogen and oxygen atoms in total. The summed E-state index contributed by atoms with van der Waals surface area (Å²) in [6, 6.07) is 0. The molecule has 0 radical (unpaired) electrons. The van der Waals surface area contributed by atoms with Gasteiger partial charge in [-0.05, 0) is 38.3 Å². The second kappa shape index (κ2) is 5.67. The van der Waals surface area contributed by atoms with E-state index in [4.69, 9.17) is 11.1 Å². The van der Waals surface area contributed by atoms with Gasteiger partial charge in [0.25, 0.3) is 0 Å². The Morgan fingerprint density at radius 3 is 2.75 bits per heavy atom. The summed E-state index contributed by atoms with van der Waals surface area (Å²) >= 11 is 0. The molecule has 0 aliphatic carbocycles. The van der Waals surface area contributed by atoms with Crippen LogP contribution < -0.4 is 5.73 Å². The summed E-state index contributed by atoms with van der Waals surface area (Å²) in [5.74, 6) is 1.22. The number of rotatable bonds is 6. The number of nitrogens with two attached hydrogens (primary N) is 1. The third-order valence-corrected chi connectivity index (χ3v) is 3.85. The van der Waals surface area contributed by atoms with Gasteiger partial charge in [0.1, 0.15) is 0 Å². The highest BCUT2D eigenvalue weighted by atomic mass is 15.1. The van der Waals surface area contributed by atoms with Crippen molar-refractivity contribution in [3.05, 3.63) is 0 Å². The normalized spacial score (nSPS) is 22.6. The second-order valence-corrected chi connectivity index (χ2v) is 5.79. The van der Waals surface area contributed by atoms with Crippen LogP contribution in [0.4, 0.5) is 0 Å². The topological polar surface area (TPSA) is 53.1 Å². The van der Waals surface area contributed by atoms with E-state index in [1.165, 1.54) is 32.4 Å². The number of nitrogens with zero attached hydrogens (tertiary/aromatic N) is 1. The summed E-state index contributed by atoms with van der Waals surface area (Å²) in [5, 5.41) is 7.54. The van der Waals surface area contributed by atoms with Gasteiger partial charge in [-0.3, -0.25) is 5.41 Å². The molecule has 1 aliphatic heterocycles. The molecule has 0 spiro atoms. The third kappa shape index (κ3) is 3.78. The zero-order chi connectivity index (χ0) is 12.2. The highest BCUT2D eigenvalue weighted by Gasteiger charge is 2.26. The number of nitrogens with one attached hydrogen (secondary N) is 1. The zero-order valence-electron chi connectivity index (χ0n) is 11.1. The van der Waals surface area contributed by atoms with Crippen LogP contribution in [0.3, 0.4) is 0 Å². The molecule has 1 heterocycles. The minimum Gasteiger partial charge on any atom is -0.387 e. The summed E-state index contributed by atoms with van der Waals surface area (Å²) in [6.07, 6.45) is 5.03. The van der Waals surface area contributed by atoms with E-state index in [0.717, 1.165) is 18.9 Å². The van der Waals surface area contributed by atoms with Gasteiger partial charge >= 0.3 is 0 Å². The van der Waals surface area contributed by atoms with Crippen LogP contribution in [-0.2, 0) is 0 Å². The van der Waals surface area contributed by atoms with Gasteiger partial charge in [-0.25, -0.2) is 0 Å². The van der Waals surface area contributed by atoms with Crippen molar-refractivity contribution in [2.45, 2.75) is 46.5 Å². The maximum atomic E-state index is 7.54. The van der Waals surface area contributed by atoms with Crippen LogP contribution in [0.2, 0.25) is 0 Å². The minimum atomic E-state index is -0.136. The molecule has 0 saturated carbocycles. The fraction of sp³-hybridized carbons (Fsp3) is 0.923. The van der Waals surface area contributed by atoms with Crippen LogP contribution in [0.15, 0.2) is 0 Å². The first kappa shape index (κ1) is 13.5. The Morgan fingerprint density at radius 2 is 2.19 bits per heavy atom. The molecule has 0 aromatic carbocycles. The van der Waals surface area contributed by atoms with Crippen molar-refractivity contribution < 1.29 is 0 Å². The van der Waals surface area contributed by atoms with Gasteiger partial charge in [-0.2, -0.15) is 0 Å². The molecule has 1 unspecified atom stereocenters. The van der Waals surface area contributed by atoms with E-state index in [1.54, 1.807) is 0 Å². The lowest BCUT2D eigenvalue weighted by Crippen LogP contribution is -2.35. The molecule has 3 N–H and O–H groups in total. The second-order valence-electron chi connectivity index (χ2n) is 5.79. The lowest BCUT2D eigenvalue weighted by molar-refractivity contribution is 0.281. The summed E-state index contributed by atoms with van der Waals surface area (Å²) in [5.41, 5.74) is 5.46. The van der Waals surface area contributed by atoms with E-state index in [9.17, 15) is 0 Å². The maximum Gasteiger partial charge on any atom is 0.0963 e. The predicted molar refractivity (Wildman–Crippen MR) is 69.8 cm³/mol. The van der Waals surface area contributed by atoms with Crippen LogP contribution in [-0.4, -0.2) is 30.4 Å². The molecule has 1 saturated heterocycles. The number of amidine groups is 1. The lowest BCUT2D eigenvalue weighted by Gasteiger charge is -2.26. The predicted octanol–water partition coefficient (Wildman–Crippen LogP) is 2.46. The van der Waals surface area contributed by atoms with Crippen LogP contribution in [0.5, 0.6) is 0 Å². The summed E-state index contributed by atoms with van der Waals surface area (Å²) in [4.78, 5) is 2.53. The van der Waals surface area contributed by atoms with Gasteiger partial charge < -0.3 is 10.6 Å². The fourth-order valence-electron chi connectivity index (χ4n) is 2.33. The quantitative estimate of drug-likeness (QED) is 0.539. The molecule has 0 aromatic heterocycles. The monoisotopic (exact) mass is 225 g/mol. The molecule has 94 valence electrons. The lowest BCUT2D eigenvalue weighted by atomic mass is 9.88. The van der Waals surface area contributed by atoms with Crippen LogP contribution in [0.1, 0.15) is 46.5 Å². The van der Waals surface area contributed by atoms with E-state index < -0.39 is 0 Å². The van der Waals surface area contributed by atoms with Gasteiger partial charge in [-0.1, -0.05) is 27.2 Å². The van der Waals surface area contributed by atoms with Crippen LogP contribution in [0, 0.1) is 16.7 Å². The fourth-order valence-corrected chi connectivity index (χ4v) is 2.33. The molecule has 1 aliphatic rings. The molecule has 0 aromatic rings. The van der Waals surface area contributed by atoms with Crippen molar-refractivity contribution in [2.75, 3.05) is 19.6 Å². The molecule has 1 fully saturated rings. The van der Waals surface area contributed by atoms with E-state index in [0.29, 0.717) is 5.84 Å². The van der Waals surface area contributed by atoms with E-state index in [-0.39, 0.29) is 5.41 Å². The van der Waals surface area contributed by atoms with Gasteiger partial charge in [0.05, 0.1) is 5.84 Å². The zero-order valence-corrected chi connectivity index (χ0v) is 11.1. The molecule has 1 atom stereocenters. The molecular weight excluding hydrogens is 198 g/mol. The van der Waals surface area contributed by atoms with Gasteiger partial charge in [0.15, 0.2) is 0 Å². The van der Waals surface area contributed by atoms with Crippen LogP contribution in [0.25, 0.3) is 0 Å². The molecule has 3 heteroatoms. The maximum absolute atomic E-state index is 7.54. The Balaban J connectivity index is 2.27. The summed E-state index contributed by atoms with van der Waals surface area (Å²) in [6.45, 7) is 9.97. The summed E-state index contributed by atoms with van der Waals surface area (Å²) < 4.78 is 0. The smallest absolute Gasteiger partial charge is 0.0963 e. The minimum absolute atomic E-state index is 0.136. The van der Waals surface area contributed by atoms with Gasteiger partial charge in [0.2, 0.25) is 0 Å².